The van der Waals surface area contributed by atoms with E-state index in [1.54, 1.807) is 0 Å². The van der Waals surface area contributed by atoms with Crippen LogP contribution in [0.15, 0.2) is 0 Å². The molecule has 0 saturated carbocycles. The number of rotatable bonds is 33. The first-order valence-electron chi connectivity index (χ1n) is 18.3. The SMILES string of the molecule is CCCCCCCCCCCCCOC(=O)C(OC(=O)CCCN(C)CCO)C(=O)OCCCCCCCCCCCCC. The van der Waals surface area contributed by atoms with Crippen LogP contribution in [0.3, 0.4) is 0 Å². The number of hydrogen-bond acceptors (Lipinski definition) is 8. The van der Waals surface area contributed by atoms with E-state index in [0.717, 1.165) is 25.7 Å². The molecule has 0 fully saturated rings. The third-order valence-electron chi connectivity index (χ3n) is 8.06. The number of hydrogen-bond donors (Lipinski definition) is 1. The van der Waals surface area contributed by atoms with E-state index in [4.69, 9.17) is 19.3 Å². The molecule has 0 aromatic carbocycles. The Morgan fingerprint density at radius 2 is 0.909 bits per heavy atom. The van der Waals surface area contributed by atoms with E-state index in [2.05, 4.69) is 13.8 Å². The summed E-state index contributed by atoms with van der Waals surface area (Å²) in [5.74, 6) is -2.34. The minimum absolute atomic E-state index is 0.0406. The molecular formula is C36H69NO7. The third-order valence-corrected chi connectivity index (χ3v) is 8.06. The van der Waals surface area contributed by atoms with Crippen LogP contribution < -0.4 is 0 Å². The molecule has 0 aliphatic rings. The molecule has 0 aromatic heterocycles. The first-order chi connectivity index (χ1) is 21.5. The van der Waals surface area contributed by atoms with Gasteiger partial charge in [-0.1, -0.05) is 142 Å². The molecule has 0 rings (SSSR count). The number of carbonyl (C=O) groups excluding carboxylic acids is 3. The highest BCUT2D eigenvalue weighted by Crippen LogP contribution is 2.13. The number of unbranched alkanes of at least 4 members (excludes halogenated alkanes) is 20. The highest BCUT2D eigenvalue weighted by Gasteiger charge is 2.33. The van der Waals surface area contributed by atoms with E-state index in [-0.39, 0.29) is 26.2 Å². The molecule has 0 radical (unpaired) electrons. The topological polar surface area (TPSA) is 102 Å². The van der Waals surface area contributed by atoms with E-state index >= 15 is 0 Å². The first-order valence-corrected chi connectivity index (χ1v) is 18.3. The highest BCUT2D eigenvalue weighted by atomic mass is 16.6. The molecule has 0 unspecified atom stereocenters. The second-order valence-electron chi connectivity index (χ2n) is 12.4. The minimum atomic E-state index is -1.68. The van der Waals surface area contributed by atoms with Crippen molar-refractivity contribution < 1.29 is 33.7 Å². The summed E-state index contributed by atoms with van der Waals surface area (Å²) in [5, 5.41) is 9.02. The number of ether oxygens (including phenoxy) is 3. The van der Waals surface area contributed by atoms with Crippen molar-refractivity contribution in [2.75, 3.05) is 40.0 Å². The van der Waals surface area contributed by atoms with Gasteiger partial charge in [-0.15, -0.1) is 0 Å². The second-order valence-corrected chi connectivity index (χ2v) is 12.4. The first kappa shape index (κ1) is 42.3. The molecule has 0 bridgehead atoms. The van der Waals surface area contributed by atoms with E-state index in [1.807, 2.05) is 11.9 Å². The van der Waals surface area contributed by atoms with Crippen molar-refractivity contribution in [1.82, 2.24) is 4.90 Å². The Bertz CT molecular complexity index is 633. The average Bonchev–Trinajstić information content (AvgIpc) is 3.00. The van der Waals surface area contributed by atoms with Gasteiger partial charge in [-0.25, -0.2) is 9.59 Å². The van der Waals surface area contributed by atoms with Gasteiger partial charge in [0.05, 0.1) is 19.8 Å². The van der Waals surface area contributed by atoms with Gasteiger partial charge in [0.25, 0.3) is 6.10 Å². The number of nitrogens with zero attached hydrogens (tertiary/aromatic N) is 1. The molecule has 0 aliphatic heterocycles. The average molecular weight is 628 g/mol. The standard InChI is InChI=1S/C36H69NO7/c1-4-6-8-10-12-14-16-18-20-22-24-31-42-35(40)34(44-33(39)27-26-28-37(3)29-30-38)36(41)43-32-25-23-21-19-17-15-13-11-9-7-5-2/h34,38H,4-32H2,1-3H3. The van der Waals surface area contributed by atoms with Crippen molar-refractivity contribution in [3.05, 3.63) is 0 Å². The minimum Gasteiger partial charge on any atom is -0.462 e. The maximum absolute atomic E-state index is 12.8. The van der Waals surface area contributed by atoms with Gasteiger partial charge in [0, 0.05) is 13.0 Å². The highest BCUT2D eigenvalue weighted by molar-refractivity contribution is 5.99. The zero-order valence-electron chi connectivity index (χ0n) is 28.9. The molecule has 0 aromatic rings. The van der Waals surface area contributed by atoms with Crippen LogP contribution in [0.4, 0.5) is 0 Å². The molecule has 0 spiro atoms. The van der Waals surface area contributed by atoms with Crippen LogP contribution in [0.25, 0.3) is 0 Å². The fourth-order valence-corrected chi connectivity index (χ4v) is 5.19. The summed E-state index contributed by atoms with van der Waals surface area (Å²) < 4.78 is 16.0. The Hall–Kier alpha value is -1.67. The predicted molar refractivity (Wildman–Crippen MR) is 179 cm³/mol. The van der Waals surface area contributed by atoms with Gasteiger partial charge in [-0.05, 0) is 32.9 Å². The third kappa shape index (κ3) is 27.8. The molecule has 0 saturated heterocycles. The second kappa shape index (κ2) is 32.7. The summed E-state index contributed by atoms with van der Waals surface area (Å²) in [6.45, 7) is 6.00. The smallest absolute Gasteiger partial charge is 0.359 e. The van der Waals surface area contributed by atoms with Crippen molar-refractivity contribution in [3.8, 4) is 0 Å². The summed E-state index contributed by atoms with van der Waals surface area (Å²) in [5.41, 5.74) is 0. The Labute approximate surface area is 270 Å². The summed E-state index contributed by atoms with van der Waals surface area (Å²) >= 11 is 0. The Morgan fingerprint density at radius 3 is 1.27 bits per heavy atom. The van der Waals surface area contributed by atoms with Crippen LogP contribution in [-0.2, 0) is 28.6 Å². The van der Waals surface area contributed by atoms with Crippen molar-refractivity contribution >= 4 is 17.9 Å². The fourth-order valence-electron chi connectivity index (χ4n) is 5.19. The van der Waals surface area contributed by atoms with Gasteiger partial charge >= 0.3 is 17.9 Å². The lowest BCUT2D eigenvalue weighted by Gasteiger charge is -2.17. The van der Waals surface area contributed by atoms with Gasteiger partial charge in [0.1, 0.15) is 0 Å². The molecule has 0 amide bonds. The van der Waals surface area contributed by atoms with Crippen molar-refractivity contribution in [2.24, 2.45) is 0 Å². The molecule has 8 heteroatoms. The lowest BCUT2D eigenvalue weighted by molar-refractivity contribution is -0.180. The van der Waals surface area contributed by atoms with Crippen LogP contribution in [0.2, 0.25) is 0 Å². The maximum Gasteiger partial charge on any atom is 0.359 e. The van der Waals surface area contributed by atoms with Crippen molar-refractivity contribution in [2.45, 2.75) is 174 Å². The Kier molecular flexibility index (Phi) is 31.5. The van der Waals surface area contributed by atoms with Gasteiger partial charge < -0.3 is 24.2 Å². The predicted octanol–water partition coefficient (Wildman–Crippen LogP) is 8.31. The lowest BCUT2D eigenvalue weighted by atomic mass is 10.1. The van der Waals surface area contributed by atoms with Crippen LogP contribution in [0.5, 0.6) is 0 Å². The van der Waals surface area contributed by atoms with Gasteiger partial charge in [0.15, 0.2) is 0 Å². The van der Waals surface area contributed by atoms with Crippen LogP contribution in [-0.4, -0.2) is 74.0 Å². The van der Waals surface area contributed by atoms with E-state index in [0.29, 0.717) is 32.4 Å². The Morgan fingerprint density at radius 1 is 0.545 bits per heavy atom. The molecule has 8 nitrogen and oxygen atoms in total. The largest absolute Gasteiger partial charge is 0.462 e. The molecule has 44 heavy (non-hydrogen) atoms. The summed E-state index contributed by atoms with van der Waals surface area (Å²) in [6.07, 6.45) is 25.0. The molecule has 260 valence electrons. The van der Waals surface area contributed by atoms with Crippen molar-refractivity contribution in [3.63, 3.8) is 0 Å². The number of carbonyl (C=O) groups is 3. The van der Waals surface area contributed by atoms with E-state index in [9.17, 15) is 14.4 Å². The normalized spacial score (nSPS) is 11.3. The summed E-state index contributed by atoms with van der Waals surface area (Å²) in [7, 11) is 1.85. The number of aliphatic hydroxyl groups excluding tert-OH is 1. The molecule has 0 aliphatic carbocycles. The quantitative estimate of drug-likeness (QED) is 0.0335. The zero-order chi connectivity index (χ0) is 32.5. The lowest BCUT2D eigenvalue weighted by Crippen LogP contribution is -2.38. The maximum atomic E-state index is 12.8. The molecule has 0 atom stereocenters. The molecule has 0 heterocycles. The number of aliphatic hydroxyl groups is 1. The van der Waals surface area contributed by atoms with Crippen LogP contribution in [0, 0.1) is 0 Å². The van der Waals surface area contributed by atoms with Crippen LogP contribution >= 0.6 is 0 Å². The monoisotopic (exact) mass is 628 g/mol. The fraction of sp³-hybridized carbons (Fsp3) is 0.917. The molecular weight excluding hydrogens is 558 g/mol. The van der Waals surface area contributed by atoms with Crippen molar-refractivity contribution in [1.29, 1.82) is 0 Å². The van der Waals surface area contributed by atoms with Gasteiger partial charge in [-0.3, -0.25) is 4.79 Å². The molecule has 1 N–H and O–H groups in total. The zero-order valence-corrected chi connectivity index (χ0v) is 28.9. The van der Waals surface area contributed by atoms with E-state index in [1.165, 1.54) is 103 Å². The number of likely N-dealkylation sites (N-methyl/N-ethyl adjacent to an activating group) is 1. The number of esters is 3. The van der Waals surface area contributed by atoms with Crippen LogP contribution in [0.1, 0.15) is 168 Å². The summed E-state index contributed by atoms with van der Waals surface area (Å²) in [6, 6.07) is 0. The van der Waals surface area contributed by atoms with E-state index < -0.39 is 24.0 Å². The van der Waals surface area contributed by atoms with Gasteiger partial charge in [-0.2, -0.15) is 0 Å². The summed E-state index contributed by atoms with van der Waals surface area (Å²) in [4.78, 5) is 39.8. The Balaban J connectivity index is 4.37. The van der Waals surface area contributed by atoms with Gasteiger partial charge in [0.2, 0.25) is 0 Å².